The highest BCUT2D eigenvalue weighted by molar-refractivity contribution is 5.97. The lowest BCUT2D eigenvalue weighted by atomic mass is 10.1. The van der Waals surface area contributed by atoms with Crippen LogP contribution in [0.15, 0.2) is 18.2 Å². The molecular weight excluding hydrogens is 232 g/mol. The van der Waals surface area contributed by atoms with Gasteiger partial charge in [-0.2, -0.15) is 0 Å². The summed E-state index contributed by atoms with van der Waals surface area (Å²) in [4.78, 5) is 24.5. The molecule has 98 valence electrons. The quantitative estimate of drug-likeness (QED) is 0.837. The van der Waals surface area contributed by atoms with Gasteiger partial charge >= 0.3 is 0 Å². The molecule has 0 bridgehead atoms. The molecule has 0 aromatic heterocycles. The first-order chi connectivity index (χ1) is 8.32. The van der Waals surface area contributed by atoms with Crippen LogP contribution in [0.1, 0.15) is 29.8 Å². The molecule has 0 saturated heterocycles. The summed E-state index contributed by atoms with van der Waals surface area (Å²) in [5.41, 5.74) is 6.15. The molecule has 0 atom stereocenters. The minimum atomic E-state index is -0.562. The van der Waals surface area contributed by atoms with Crippen LogP contribution in [0.3, 0.4) is 0 Å². The zero-order valence-corrected chi connectivity index (χ0v) is 10.8. The van der Waals surface area contributed by atoms with E-state index in [1.807, 2.05) is 0 Å². The van der Waals surface area contributed by atoms with Crippen LogP contribution in [-0.4, -0.2) is 34.4 Å². The molecular formula is C13H18N2O3. The number of rotatable bonds is 4. The van der Waals surface area contributed by atoms with Gasteiger partial charge in [-0.15, -0.1) is 0 Å². The first kappa shape index (κ1) is 14.0. The molecule has 0 saturated carbocycles. The van der Waals surface area contributed by atoms with Gasteiger partial charge in [0.15, 0.2) is 0 Å². The van der Waals surface area contributed by atoms with Gasteiger partial charge in [0.25, 0.3) is 5.91 Å². The molecule has 0 fully saturated rings. The fourth-order valence-corrected chi connectivity index (χ4v) is 1.57. The molecule has 0 spiro atoms. The first-order valence-corrected chi connectivity index (χ1v) is 5.71. The van der Waals surface area contributed by atoms with E-state index in [9.17, 15) is 14.7 Å². The van der Waals surface area contributed by atoms with Gasteiger partial charge in [0.1, 0.15) is 5.75 Å². The Morgan fingerprint density at radius 3 is 2.44 bits per heavy atom. The number of phenolic OH excluding ortho intramolecular Hbond substituents is 1. The highest BCUT2D eigenvalue weighted by Gasteiger charge is 2.20. The Morgan fingerprint density at radius 1 is 1.39 bits per heavy atom. The molecule has 18 heavy (non-hydrogen) atoms. The number of nitrogens with zero attached hydrogens (tertiary/aromatic N) is 1. The number of hydrogen-bond acceptors (Lipinski definition) is 3. The Balaban J connectivity index is 3.02. The molecule has 1 aromatic rings. The normalized spacial score (nSPS) is 10.4. The number of hydrogen-bond donors (Lipinski definition) is 2. The molecule has 0 aliphatic carbocycles. The van der Waals surface area contributed by atoms with Crippen LogP contribution in [0, 0.1) is 6.92 Å². The van der Waals surface area contributed by atoms with Crippen molar-refractivity contribution in [2.24, 2.45) is 5.73 Å². The molecule has 0 unspecified atom stereocenters. The smallest absolute Gasteiger partial charge is 0.254 e. The summed E-state index contributed by atoms with van der Waals surface area (Å²) in [5, 5.41) is 9.59. The average molecular weight is 250 g/mol. The van der Waals surface area contributed by atoms with Crippen molar-refractivity contribution in [2.75, 3.05) is 6.54 Å². The highest BCUT2D eigenvalue weighted by atomic mass is 16.3. The number of amides is 2. The third-order valence-electron chi connectivity index (χ3n) is 2.67. The molecule has 5 heteroatoms. The summed E-state index contributed by atoms with van der Waals surface area (Å²) < 4.78 is 0. The maximum absolute atomic E-state index is 12.2. The van der Waals surface area contributed by atoms with Crippen LogP contribution < -0.4 is 5.73 Å². The zero-order valence-electron chi connectivity index (χ0n) is 10.8. The number of nitrogens with two attached hydrogens (primary N) is 1. The fourth-order valence-electron chi connectivity index (χ4n) is 1.57. The summed E-state index contributed by atoms with van der Waals surface area (Å²) in [7, 11) is 0. The summed E-state index contributed by atoms with van der Waals surface area (Å²) in [5.74, 6) is -0.823. The SMILES string of the molecule is Cc1ccc(C(=O)N(CC(N)=O)C(C)C)cc1O. The van der Waals surface area contributed by atoms with Gasteiger partial charge in [0.05, 0.1) is 6.54 Å². The van der Waals surface area contributed by atoms with Gasteiger partial charge in [-0.1, -0.05) is 6.07 Å². The van der Waals surface area contributed by atoms with Crippen LogP contribution in [0.5, 0.6) is 5.75 Å². The van der Waals surface area contributed by atoms with Crippen molar-refractivity contribution in [1.29, 1.82) is 0 Å². The topological polar surface area (TPSA) is 83.6 Å². The van der Waals surface area contributed by atoms with Gasteiger partial charge in [0, 0.05) is 11.6 Å². The van der Waals surface area contributed by atoms with Crippen molar-refractivity contribution in [3.05, 3.63) is 29.3 Å². The minimum Gasteiger partial charge on any atom is -0.508 e. The number of aromatic hydroxyl groups is 1. The van der Waals surface area contributed by atoms with Crippen molar-refractivity contribution < 1.29 is 14.7 Å². The minimum absolute atomic E-state index is 0.0589. The summed E-state index contributed by atoms with van der Waals surface area (Å²) in [6.07, 6.45) is 0. The van der Waals surface area contributed by atoms with Gasteiger partial charge in [-0.25, -0.2) is 0 Å². The Bertz CT molecular complexity index is 469. The maximum atomic E-state index is 12.2. The lowest BCUT2D eigenvalue weighted by Crippen LogP contribution is -2.42. The second kappa shape index (κ2) is 5.53. The Labute approximate surface area is 106 Å². The lowest BCUT2D eigenvalue weighted by molar-refractivity contribution is -0.119. The van der Waals surface area contributed by atoms with Crippen LogP contribution in [0.4, 0.5) is 0 Å². The molecule has 0 aliphatic heterocycles. The van der Waals surface area contributed by atoms with E-state index in [2.05, 4.69) is 0 Å². The Kier molecular flexibility index (Phi) is 4.31. The van der Waals surface area contributed by atoms with Crippen LogP contribution in [0.2, 0.25) is 0 Å². The van der Waals surface area contributed by atoms with E-state index in [-0.39, 0.29) is 24.2 Å². The second-order valence-corrected chi connectivity index (χ2v) is 4.49. The van der Waals surface area contributed by atoms with Crippen LogP contribution in [-0.2, 0) is 4.79 Å². The number of carbonyl (C=O) groups is 2. The Morgan fingerprint density at radius 2 is 2.00 bits per heavy atom. The van der Waals surface area contributed by atoms with E-state index < -0.39 is 5.91 Å². The molecule has 3 N–H and O–H groups in total. The number of carbonyl (C=O) groups excluding carboxylic acids is 2. The highest BCUT2D eigenvalue weighted by Crippen LogP contribution is 2.19. The summed E-state index contributed by atoms with van der Waals surface area (Å²) in [6.45, 7) is 5.21. The third-order valence-corrected chi connectivity index (χ3v) is 2.67. The predicted octanol–water partition coefficient (Wildman–Crippen LogP) is 1.04. The van der Waals surface area contributed by atoms with E-state index >= 15 is 0 Å². The molecule has 1 rings (SSSR count). The lowest BCUT2D eigenvalue weighted by Gasteiger charge is -2.25. The molecule has 0 radical (unpaired) electrons. The number of primary amides is 1. The van der Waals surface area contributed by atoms with Crippen molar-refractivity contribution in [3.8, 4) is 5.75 Å². The van der Waals surface area contributed by atoms with Gasteiger partial charge in [-0.05, 0) is 38.5 Å². The van der Waals surface area contributed by atoms with Crippen molar-refractivity contribution in [2.45, 2.75) is 26.8 Å². The number of benzene rings is 1. The summed E-state index contributed by atoms with van der Waals surface area (Å²) >= 11 is 0. The van der Waals surface area contributed by atoms with Crippen LogP contribution >= 0.6 is 0 Å². The molecule has 1 aromatic carbocycles. The van der Waals surface area contributed by atoms with Crippen molar-refractivity contribution in [3.63, 3.8) is 0 Å². The van der Waals surface area contributed by atoms with Gasteiger partial charge in [-0.3, -0.25) is 9.59 Å². The molecule has 0 heterocycles. The molecule has 5 nitrogen and oxygen atoms in total. The van der Waals surface area contributed by atoms with Gasteiger partial charge < -0.3 is 15.7 Å². The first-order valence-electron chi connectivity index (χ1n) is 5.71. The van der Waals surface area contributed by atoms with E-state index in [1.165, 1.54) is 11.0 Å². The monoisotopic (exact) mass is 250 g/mol. The van der Waals surface area contributed by atoms with Crippen molar-refractivity contribution in [1.82, 2.24) is 4.90 Å². The second-order valence-electron chi connectivity index (χ2n) is 4.49. The summed E-state index contributed by atoms with van der Waals surface area (Å²) in [6, 6.07) is 4.53. The zero-order chi connectivity index (χ0) is 13.9. The van der Waals surface area contributed by atoms with E-state index in [1.54, 1.807) is 32.9 Å². The standard InChI is InChI=1S/C13H18N2O3/c1-8(2)15(7-12(14)17)13(18)10-5-4-9(3)11(16)6-10/h4-6,8,16H,7H2,1-3H3,(H2,14,17). The third kappa shape index (κ3) is 3.23. The Hall–Kier alpha value is -2.04. The molecule has 0 aliphatic rings. The van der Waals surface area contributed by atoms with Gasteiger partial charge in [0.2, 0.25) is 5.91 Å². The predicted molar refractivity (Wildman–Crippen MR) is 68.2 cm³/mol. The van der Waals surface area contributed by atoms with Crippen LogP contribution in [0.25, 0.3) is 0 Å². The maximum Gasteiger partial charge on any atom is 0.254 e. The van der Waals surface area contributed by atoms with E-state index in [4.69, 9.17) is 5.73 Å². The average Bonchev–Trinajstić information content (AvgIpc) is 2.28. The number of aryl methyl sites for hydroxylation is 1. The van der Waals surface area contributed by atoms with Crippen molar-refractivity contribution >= 4 is 11.8 Å². The van der Waals surface area contributed by atoms with E-state index in [0.717, 1.165) is 0 Å². The largest absolute Gasteiger partial charge is 0.508 e. The fraction of sp³-hybridized carbons (Fsp3) is 0.385. The molecule has 2 amide bonds. The van der Waals surface area contributed by atoms with E-state index in [0.29, 0.717) is 11.1 Å². The number of phenols is 1.